The summed E-state index contributed by atoms with van der Waals surface area (Å²) in [6.07, 6.45) is 0.698. The number of likely N-dealkylation sites (N-methyl/N-ethyl adjacent to an activating group) is 1. The number of hydrogen-bond donors (Lipinski definition) is 3. The third-order valence-corrected chi connectivity index (χ3v) is 5.23. The van der Waals surface area contributed by atoms with Gasteiger partial charge in [0.2, 0.25) is 11.8 Å². The molecular weight excluding hydrogens is 374 g/mol. The van der Waals surface area contributed by atoms with Gasteiger partial charge in [0.25, 0.3) is 0 Å². The molecule has 0 aliphatic carbocycles. The van der Waals surface area contributed by atoms with Gasteiger partial charge in [-0.15, -0.1) is 0 Å². The molecule has 3 N–H and O–H groups in total. The molecule has 0 unspecified atom stereocenters. The Bertz CT molecular complexity index is 739. The smallest absolute Gasteiger partial charge is 0.238 e. The summed E-state index contributed by atoms with van der Waals surface area (Å²) in [6, 6.07) is 5.59. The Morgan fingerprint density at radius 2 is 2.07 bits per heavy atom. The maximum absolute atomic E-state index is 12.1. The molecule has 1 aromatic rings. The summed E-state index contributed by atoms with van der Waals surface area (Å²) in [7, 11) is 3.68. The second kappa shape index (κ2) is 9.56. The van der Waals surface area contributed by atoms with Crippen LogP contribution in [-0.4, -0.2) is 73.9 Å². The number of carbonyl (C=O) groups excluding carboxylic acids is 2. The van der Waals surface area contributed by atoms with Gasteiger partial charge in [-0.3, -0.25) is 9.59 Å². The molecule has 8 heteroatoms. The number of fused-ring (bicyclic) bond motifs is 3. The van der Waals surface area contributed by atoms with Crippen molar-refractivity contribution in [3.05, 3.63) is 23.8 Å². The average molecular weight is 405 g/mol. The minimum absolute atomic E-state index is 0.00516. The molecule has 0 radical (unpaired) electrons. The zero-order valence-corrected chi connectivity index (χ0v) is 17.3. The van der Waals surface area contributed by atoms with Crippen molar-refractivity contribution >= 4 is 17.5 Å². The van der Waals surface area contributed by atoms with Crippen molar-refractivity contribution in [3.63, 3.8) is 0 Å². The maximum atomic E-state index is 12.1. The van der Waals surface area contributed by atoms with E-state index < -0.39 is 6.10 Å². The van der Waals surface area contributed by atoms with Crippen LogP contribution in [0, 0.1) is 0 Å². The molecule has 1 saturated heterocycles. The molecule has 2 aliphatic rings. The van der Waals surface area contributed by atoms with E-state index >= 15 is 0 Å². The number of carbonyl (C=O) groups is 2. The first-order valence-electron chi connectivity index (χ1n) is 10.2. The van der Waals surface area contributed by atoms with Crippen LogP contribution in [0.25, 0.3) is 0 Å². The summed E-state index contributed by atoms with van der Waals surface area (Å²) in [5, 5.41) is 15.6. The molecular formula is C21H31N3O5. The zero-order chi connectivity index (χ0) is 21.0. The summed E-state index contributed by atoms with van der Waals surface area (Å²) in [4.78, 5) is 26.0. The first-order valence-corrected chi connectivity index (χ1v) is 10.2. The number of aliphatic hydroxyl groups excluding tert-OH is 1. The fourth-order valence-electron chi connectivity index (χ4n) is 4.00. The largest absolute Gasteiger partial charge is 0.487 e. The molecule has 8 nitrogen and oxygen atoms in total. The van der Waals surface area contributed by atoms with Crippen LogP contribution in [0.3, 0.4) is 0 Å². The molecule has 1 aromatic carbocycles. The summed E-state index contributed by atoms with van der Waals surface area (Å²) in [6.45, 7) is 2.78. The molecule has 2 heterocycles. The number of nitrogens with zero attached hydrogens (tertiary/aromatic N) is 1. The number of nitrogens with one attached hydrogen (secondary N) is 2. The number of benzene rings is 1. The first-order chi connectivity index (χ1) is 13.9. The van der Waals surface area contributed by atoms with Gasteiger partial charge in [-0.05, 0) is 45.1 Å². The Morgan fingerprint density at radius 3 is 2.76 bits per heavy atom. The van der Waals surface area contributed by atoms with Gasteiger partial charge in [0.05, 0.1) is 25.7 Å². The molecule has 2 amide bonds. The van der Waals surface area contributed by atoms with E-state index in [0.29, 0.717) is 25.2 Å². The minimum atomic E-state index is -0.489. The van der Waals surface area contributed by atoms with E-state index in [1.807, 2.05) is 39.2 Å². The van der Waals surface area contributed by atoms with Gasteiger partial charge in [-0.2, -0.15) is 0 Å². The normalized spacial score (nSPS) is 25.1. The van der Waals surface area contributed by atoms with Crippen LogP contribution in [0.15, 0.2) is 18.2 Å². The Labute approximate surface area is 171 Å². The Morgan fingerprint density at radius 1 is 1.28 bits per heavy atom. The van der Waals surface area contributed by atoms with Gasteiger partial charge in [0.15, 0.2) is 0 Å². The molecule has 0 bridgehead atoms. The summed E-state index contributed by atoms with van der Waals surface area (Å²) >= 11 is 0. The van der Waals surface area contributed by atoms with Crippen LogP contribution >= 0.6 is 0 Å². The molecule has 0 saturated carbocycles. The Hall–Kier alpha value is -2.16. The molecule has 4 atom stereocenters. The quantitative estimate of drug-likeness (QED) is 0.599. The van der Waals surface area contributed by atoms with E-state index in [2.05, 4.69) is 10.6 Å². The highest BCUT2D eigenvalue weighted by molar-refractivity contribution is 5.92. The van der Waals surface area contributed by atoms with E-state index in [9.17, 15) is 14.7 Å². The molecule has 0 spiro atoms. The number of rotatable bonds is 8. The molecule has 2 aliphatic heterocycles. The maximum Gasteiger partial charge on any atom is 0.238 e. The van der Waals surface area contributed by atoms with Crippen LogP contribution in [0.2, 0.25) is 0 Å². The fourth-order valence-corrected chi connectivity index (χ4v) is 4.00. The lowest BCUT2D eigenvalue weighted by Crippen LogP contribution is -2.47. The van der Waals surface area contributed by atoms with Gasteiger partial charge in [0, 0.05) is 23.7 Å². The standard InChI is InChI=1S/C21H31N3O5/c1-4-7-22-19(26)10-14-9-16-15-8-13(23-20(27)11-24(2)3)5-6-17(15)29-21(16)18(12-25)28-14/h5-6,8,14,16,18,21,25H,4,7,9-12H2,1-3H3,(H,22,26)(H,23,27)/t14-,16+,18-,21-/m0/s1. The highest BCUT2D eigenvalue weighted by Crippen LogP contribution is 2.47. The third kappa shape index (κ3) is 5.26. The van der Waals surface area contributed by atoms with Gasteiger partial charge >= 0.3 is 0 Å². The monoisotopic (exact) mass is 405 g/mol. The van der Waals surface area contributed by atoms with Crippen LogP contribution in [0.4, 0.5) is 5.69 Å². The van der Waals surface area contributed by atoms with E-state index in [4.69, 9.17) is 9.47 Å². The summed E-state index contributed by atoms with van der Waals surface area (Å²) < 4.78 is 12.0. The number of ether oxygens (including phenoxy) is 2. The highest BCUT2D eigenvalue weighted by atomic mass is 16.6. The first kappa shape index (κ1) is 21.5. The van der Waals surface area contributed by atoms with Crippen molar-refractivity contribution < 1.29 is 24.2 Å². The van der Waals surface area contributed by atoms with Gasteiger partial charge in [-0.1, -0.05) is 6.92 Å². The van der Waals surface area contributed by atoms with Gasteiger partial charge in [0.1, 0.15) is 18.0 Å². The predicted molar refractivity (Wildman–Crippen MR) is 109 cm³/mol. The van der Waals surface area contributed by atoms with E-state index in [1.54, 1.807) is 4.90 Å². The average Bonchev–Trinajstić information content (AvgIpc) is 3.03. The number of anilines is 1. The van der Waals surface area contributed by atoms with Crippen LogP contribution < -0.4 is 15.4 Å². The second-order valence-corrected chi connectivity index (χ2v) is 8.00. The predicted octanol–water partition coefficient (Wildman–Crippen LogP) is 1.10. The fraction of sp³-hybridized carbons (Fsp3) is 0.619. The van der Waals surface area contributed by atoms with Crippen LogP contribution in [-0.2, 0) is 14.3 Å². The number of amides is 2. The molecule has 29 heavy (non-hydrogen) atoms. The van der Waals surface area contributed by atoms with Crippen molar-refractivity contribution in [3.8, 4) is 5.75 Å². The highest BCUT2D eigenvalue weighted by Gasteiger charge is 2.46. The Balaban J connectivity index is 1.73. The van der Waals surface area contributed by atoms with Crippen LogP contribution in [0.1, 0.15) is 37.7 Å². The van der Waals surface area contributed by atoms with Gasteiger partial charge in [-0.25, -0.2) is 0 Å². The lowest BCUT2D eigenvalue weighted by Gasteiger charge is -2.37. The lowest BCUT2D eigenvalue weighted by molar-refractivity contribution is -0.142. The molecule has 1 fully saturated rings. The lowest BCUT2D eigenvalue weighted by atomic mass is 9.84. The van der Waals surface area contributed by atoms with Gasteiger partial charge < -0.3 is 30.1 Å². The zero-order valence-electron chi connectivity index (χ0n) is 17.3. The van der Waals surface area contributed by atoms with Crippen molar-refractivity contribution in [2.75, 3.05) is 39.1 Å². The second-order valence-electron chi connectivity index (χ2n) is 8.00. The number of aliphatic hydroxyl groups is 1. The summed E-state index contributed by atoms with van der Waals surface area (Å²) in [5.41, 5.74) is 1.70. The van der Waals surface area contributed by atoms with Crippen molar-refractivity contribution in [1.82, 2.24) is 10.2 Å². The van der Waals surface area contributed by atoms with E-state index in [1.165, 1.54) is 0 Å². The Kier molecular flexibility index (Phi) is 7.10. The topological polar surface area (TPSA) is 100 Å². The molecule has 160 valence electrons. The van der Waals surface area contributed by atoms with Crippen molar-refractivity contribution in [2.24, 2.45) is 0 Å². The summed E-state index contributed by atoms with van der Waals surface area (Å²) in [5.74, 6) is 0.612. The SMILES string of the molecule is CCCNC(=O)C[C@@H]1C[C@@H]2c3cc(NC(=O)CN(C)C)ccc3O[C@@H]2[C@H](CO)O1. The van der Waals surface area contributed by atoms with Crippen LogP contribution in [0.5, 0.6) is 5.75 Å². The third-order valence-electron chi connectivity index (χ3n) is 5.23. The van der Waals surface area contributed by atoms with E-state index in [0.717, 1.165) is 17.7 Å². The van der Waals surface area contributed by atoms with Crippen molar-refractivity contribution in [2.45, 2.75) is 50.4 Å². The minimum Gasteiger partial charge on any atom is -0.487 e. The van der Waals surface area contributed by atoms with E-state index in [-0.39, 0.29) is 43.0 Å². The molecule has 0 aromatic heterocycles. The molecule has 3 rings (SSSR count). The number of hydrogen-bond acceptors (Lipinski definition) is 6. The van der Waals surface area contributed by atoms with Crippen molar-refractivity contribution in [1.29, 1.82) is 0 Å².